The van der Waals surface area contributed by atoms with Crippen molar-refractivity contribution < 1.29 is 4.74 Å². The van der Waals surface area contributed by atoms with Crippen LogP contribution >= 0.6 is 0 Å². The summed E-state index contributed by atoms with van der Waals surface area (Å²) < 4.78 is 4.85. The molecule has 1 aromatic rings. The third kappa shape index (κ3) is 2.87. The predicted octanol–water partition coefficient (Wildman–Crippen LogP) is -0.332. The summed E-state index contributed by atoms with van der Waals surface area (Å²) in [6.45, 7) is 1.85. The van der Waals surface area contributed by atoms with Gasteiger partial charge in [0.15, 0.2) is 0 Å². The van der Waals surface area contributed by atoms with E-state index in [-0.39, 0.29) is 11.6 Å². The van der Waals surface area contributed by atoms with E-state index >= 15 is 0 Å². The average molecular weight is 183 g/mol. The van der Waals surface area contributed by atoms with Gasteiger partial charge >= 0.3 is 0 Å². The van der Waals surface area contributed by atoms with Gasteiger partial charge in [-0.1, -0.05) is 0 Å². The largest absolute Gasteiger partial charge is 0.481 e. The minimum absolute atomic E-state index is 0.0322. The quantitative estimate of drug-likeness (QED) is 0.672. The van der Waals surface area contributed by atoms with Crippen LogP contribution < -0.4 is 16.0 Å². The second-order valence-electron chi connectivity index (χ2n) is 2.92. The fourth-order valence-corrected chi connectivity index (χ4v) is 0.990. The molecule has 1 heterocycles. The molecule has 13 heavy (non-hydrogen) atoms. The number of hydrogen-bond acceptors (Lipinski definition) is 4. The zero-order valence-electron chi connectivity index (χ0n) is 7.70. The van der Waals surface area contributed by atoms with Gasteiger partial charge in [-0.25, -0.2) is 4.98 Å². The number of aromatic nitrogens is 2. The first-order valence-corrected chi connectivity index (χ1v) is 4.01. The molecule has 1 aromatic heterocycles. The first-order valence-electron chi connectivity index (χ1n) is 4.01. The number of hydrogen-bond donors (Lipinski definition) is 2. The van der Waals surface area contributed by atoms with Crippen LogP contribution in [0.1, 0.15) is 12.7 Å². The summed E-state index contributed by atoms with van der Waals surface area (Å²) in [4.78, 5) is 17.7. The average Bonchev–Trinajstić information content (AvgIpc) is 2.01. The number of ether oxygens (including phenoxy) is 1. The molecular formula is C8H13N3O2. The maximum atomic E-state index is 11.0. The van der Waals surface area contributed by atoms with Gasteiger partial charge in [0, 0.05) is 12.5 Å². The monoisotopic (exact) mass is 183 g/mol. The lowest BCUT2D eigenvalue weighted by atomic mass is 10.2. The van der Waals surface area contributed by atoms with Crippen molar-refractivity contribution >= 4 is 0 Å². The second-order valence-corrected chi connectivity index (χ2v) is 2.92. The Morgan fingerprint density at radius 1 is 1.77 bits per heavy atom. The van der Waals surface area contributed by atoms with E-state index in [1.54, 1.807) is 0 Å². The van der Waals surface area contributed by atoms with Crippen molar-refractivity contribution in [3.8, 4) is 5.88 Å². The van der Waals surface area contributed by atoms with Gasteiger partial charge in [0.25, 0.3) is 5.56 Å². The molecule has 3 N–H and O–H groups in total. The lowest BCUT2D eigenvalue weighted by molar-refractivity contribution is 0.393. The van der Waals surface area contributed by atoms with E-state index in [1.165, 1.54) is 13.2 Å². The van der Waals surface area contributed by atoms with Crippen molar-refractivity contribution in [2.45, 2.75) is 19.4 Å². The summed E-state index contributed by atoms with van der Waals surface area (Å²) in [6.07, 6.45) is 0.534. The van der Waals surface area contributed by atoms with Gasteiger partial charge in [-0.05, 0) is 6.92 Å². The SMILES string of the molecule is COc1cc(=O)[nH]c(CC(C)N)n1. The van der Waals surface area contributed by atoms with E-state index in [0.29, 0.717) is 18.1 Å². The molecule has 1 rings (SSSR count). The number of aromatic amines is 1. The summed E-state index contributed by atoms with van der Waals surface area (Å²) >= 11 is 0. The molecule has 0 saturated heterocycles. The number of rotatable bonds is 3. The van der Waals surface area contributed by atoms with Crippen LogP contribution in [0.4, 0.5) is 0 Å². The van der Waals surface area contributed by atoms with E-state index in [1.807, 2.05) is 6.92 Å². The topological polar surface area (TPSA) is 81.0 Å². The molecule has 5 heteroatoms. The maximum Gasteiger partial charge on any atom is 0.254 e. The highest BCUT2D eigenvalue weighted by atomic mass is 16.5. The third-order valence-corrected chi connectivity index (χ3v) is 1.49. The number of nitrogens with two attached hydrogens (primary N) is 1. The van der Waals surface area contributed by atoms with Gasteiger partial charge in [0.1, 0.15) is 5.82 Å². The summed E-state index contributed by atoms with van der Waals surface area (Å²) in [5.41, 5.74) is 5.34. The zero-order chi connectivity index (χ0) is 9.84. The molecule has 0 fully saturated rings. The lowest BCUT2D eigenvalue weighted by Gasteiger charge is -2.05. The molecule has 5 nitrogen and oxygen atoms in total. The molecule has 72 valence electrons. The number of H-pyrrole nitrogens is 1. The lowest BCUT2D eigenvalue weighted by Crippen LogP contribution is -2.22. The van der Waals surface area contributed by atoms with Crippen LogP contribution in [-0.4, -0.2) is 23.1 Å². The van der Waals surface area contributed by atoms with Crippen LogP contribution in [0.15, 0.2) is 10.9 Å². The summed E-state index contributed by atoms with van der Waals surface area (Å²) in [5.74, 6) is 0.874. The Bertz CT molecular complexity index is 332. The second kappa shape index (κ2) is 4.04. The van der Waals surface area contributed by atoms with E-state index in [0.717, 1.165) is 0 Å². The number of nitrogens with one attached hydrogen (secondary N) is 1. The molecule has 0 spiro atoms. The third-order valence-electron chi connectivity index (χ3n) is 1.49. The fraction of sp³-hybridized carbons (Fsp3) is 0.500. The molecule has 0 bridgehead atoms. The van der Waals surface area contributed by atoms with Gasteiger partial charge in [-0.15, -0.1) is 0 Å². The van der Waals surface area contributed by atoms with Crippen molar-refractivity contribution in [1.29, 1.82) is 0 Å². The zero-order valence-corrected chi connectivity index (χ0v) is 7.70. The van der Waals surface area contributed by atoms with Crippen molar-refractivity contribution in [2.75, 3.05) is 7.11 Å². The van der Waals surface area contributed by atoms with Crippen molar-refractivity contribution in [2.24, 2.45) is 5.73 Å². The van der Waals surface area contributed by atoms with E-state index in [4.69, 9.17) is 10.5 Å². The van der Waals surface area contributed by atoms with Crippen LogP contribution in [-0.2, 0) is 6.42 Å². The Hall–Kier alpha value is -1.36. The van der Waals surface area contributed by atoms with Crippen LogP contribution in [0.3, 0.4) is 0 Å². The summed E-state index contributed by atoms with van der Waals surface area (Å²) in [6, 6.07) is 1.26. The molecule has 0 aromatic carbocycles. The highest BCUT2D eigenvalue weighted by Gasteiger charge is 2.03. The van der Waals surface area contributed by atoms with E-state index in [9.17, 15) is 4.79 Å². The smallest absolute Gasteiger partial charge is 0.254 e. The molecule has 0 radical (unpaired) electrons. The summed E-state index contributed by atoms with van der Waals surface area (Å²) in [7, 11) is 1.47. The van der Waals surface area contributed by atoms with Crippen molar-refractivity contribution in [1.82, 2.24) is 9.97 Å². The summed E-state index contributed by atoms with van der Waals surface area (Å²) in [5, 5.41) is 0. The number of nitrogens with zero attached hydrogens (tertiary/aromatic N) is 1. The van der Waals surface area contributed by atoms with Crippen molar-refractivity contribution in [3.63, 3.8) is 0 Å². The van der Waals surface area contributed by atoms with Crippen LogP contribution in [0.25, 0.3) is 0 Å². The first kappa shape index (κ1) is 9.73. The Morgan fingerprint density at radius 3 is 3.00 bits per heavy atom. The minimum atomic E-state index is -0.220. The Balaban J connectivity index is 2.95. The number of methoxy groups -OCH3 is 1. The molecular weight excluding hydrogens is 170 g/mol. The van der Waals surface area contributed by atoms with Crippen LogP contribution in [0.2, 0.25) is 0 Å². The maximum absolute atomic E-state index is 11.0. The molecule has 0 aliphatic carbocycles. The minimum Gasteiger partial charge on any atom is -0.481 e. The normalized spacial score (nSPS) is 12.5. The molecule has 1 atom stereocenters. The molecule has 0 amide bonds. The van der Waals surface area contributed by atoms with Crippen LogP contribution in [0, 0.1) is 0 Å². The Morgan fingerprint density at radius 2 is 2.46 bits per heavy atom. The predicted molar refractivity (Wildman–Crippen MR) is 48.8 cm³/mol. The van der Waals surface area contributed by atoms with E-state index < -0.39 is 0 Å². The van der Waals surface area contributed by atoms with Gasteiger partial charge in [-0.2, -0.15) is 0 Å². The highest BCUT2D eigenvalue weighted by Crippen LogP contribution is 2.01. The molecule has 0 aliphatic heterocycles. The standard InChI is InChI=1S/C8H13N3O2/c1-5(9)3-6-10-7(12)4-8(11-6)13-2/h4-5H,3,9H2,1-2H3,(H,10,11,12). The van der Waals surface area contributed by atoms with Gasteiger partial charge < -0.3 is 15.5 Å². The van der Waals surface area contributed by atoms with Gasteiger partial charge in [0.05, 0.1) is 13.2 Å². The highest BCUT2D eigenvalue weighted by molar-refractivity contribution is 5.08. The van der Waals surface area contributed by atoms with Crippen molar-refractivity contribution in [3.05, 3.63) is 22.2 Å². The molecule has 1 unspecified atom stereocenters. The Kier molecular flexibility index (Phi) is 3.02. The first-order chi connectivity index (χ1) is 6.11. The van der Waals surface area contributed by atoms with Gasteiger partial charge in [0.2, 0.25) is 5.88 Å². The molecule has 0 aliphatic rings. The van der Waals surface area contributed by atoms with Crippen LogP contribution in [0.5, 0.6) is 5.88 Å². The van der Waals surface area contributed by atoms with Gasteiger partial charge in [-0.3, -0.25) is 4.79 Å². The fourth-order valence-electron chi connectivity index (χ4n) is 0.990. The van der Waals surface area contributed by atoms with E-state index in [2.05, 4.69) is 9.97 Å². The Labute approximate surface area is 75.9 Å². The molecule has 0 saturated carbocycles.